The largest absolute Gasteiger partial charge is 0.302 e. The van der Waals surface area contributed by atoms with Crippen LogP contribution in [-0.2, 0) is 12.8 Å². The molecule has 22 heavy (non-hydrogen) atoms. The summed E-state index contributed by atoms with van der Waals surface area (Å²) in [6.45, 7) is 0. The molecular formula is C16H15N5S. The molecule has 1 N–H and O–H groups in total. The molecule has 0 bridgehead atoms. The van der Waals surface area contributed by atoms with Gasteiger partial charge in [-0.1, -0.05) is 10.6 Å². The van der Waals surface area contributed by atoms with Crippen molar-refractivity contribution in [3.8, 4) is 11.4 Å². The van der Waals surface area contributed by atoms with Crippen molar-refractivity contribution in [2.24, 2.45) is 5.10 Å². The third-order valence-corrected chi connectivity index (χ3v) is 5.33. The lowest BCUT2D eigenvalue weighted by Crippen LogP contribution is -2.29. The first kappa shape index (κ1) is 12.5. The highest BCUT2D eigenvalue weighted by Gasteiger charge is 2.34. The third kappa shape index (κ3) is 1.70. The van der Waals surface area contributed by atoms with Crippen LogP contribution in [0.2, 0.25) is 0 Å². The van der Waals surface area contributed by atoms with E-state index < -0.39 is 0 Å². The average molecular weight is 309 g/mol. The van der Waals surface area contributed by atoms with E-state index in [0.717, 1.165) is 29.9 Å². The highest BCUT2D eigenvalue weighted by molar-refractivity contribution is 7.03. The highest BCUT2D eigenvalue weighted by Crippen LogP contribution is 2.40. The predicted octanol–water partition coefficient (Wildman–Crippen LogP) is 2.55. The normalized spacial score (nSPS) is 24.5. The molecular weight excluding hydrogens is 294 g/mol. The molecule has 5 nitrogen and oxygen atoms in total. The minimum Gasteiger partial charge on any atom is -0.302 e. The molecule has 110 valence electrons. The summed E-state index contributed by atoms with van der Waals surface area (Å²) >= 11 is 1.39. The van der Waals surface area contributed by atoms with E-state index in [9.17, 15) is 0 Å². The minimum absolute atomic E-state index is 0.284. The number of fused-ring (bicyclic) bond motifs is 5. The monoisotopic (exact) mass is 309 g/mol. The second-order valence-electron chi connectivity index (χ2n) is 6.03. The molecule has 6 heteroatoms. The van der Waals surface area contributed by atoms with Crippen LogP contribution in [0.4, 0.5) is 0 Å². The molecule has 2 aliphatic carbocycles. The van der Waals surface area contributed by atoms with Gasteiger partial charge in [-0.2, -0.15) is 5.10 Å². The number of hydrazone groups is 1. The lowest BCUT2D eigenvalue weighted by Gasteiger charge is -2.29. The van der Waals surface area contributed by atoms with Gasteiger partial charge in [-0.05, 0) is 60.0 Å². The molecule has 0 saturated heterocycles. The van der Waals surface area contributed by atoms with Crippen LogP contribution in [0.5, 0.6) is 0 Å². The highest BCUT2D eigenvalue weighted by atomic mass is 32.1. The van der Waals surface area contributed by atoms with Crippen molar-refractivity contribution in [1.29, 1.82) is 0 Å². The standard InChI is InChI=1S/C16H15N5S/c1-2-4-10-9(3-1)15-11-7-17-19-12(11)5-6-13(15)18-16(10)14-8-22-21-20-14/h5-8,11-12,19H,1-4H2. The van der Waals surface area contributed by atoms with Crippen molar-refractivity contribution < 1.29 is 0 Å². The Kier molecular flexibility index (Phi) is 2.67. The van der Waals surface area contributed by atoms with E-state index in [1.165, 1.54) is 41.1 Å². The van der Waals surface area contributed by atoms with Gasteiger partial charge >= 0.3 is 0 Å². The topological polar surface area (TPSA) is 63.1 Å². The van der Waals surface area contributed by atoms with Crippen LogP contribution in [0.3, 0.4) is 0 Å². The predicted molar refractivity (Wildman–Crippen MR) is 87.0 cm³/mol. The summed E-state index contributed by atoms with van der Waals surface area (Å²) in [6, 6.07) is 0.284. The summed E-state index contributed by atoms with van der Waals surface area (Å²) in [7, 11) is 0. The molecule has 0 radical (unpaired) electrons. The molecule has 0 saturated carbocycles. The van der Waals surface area contributed by atoms with Gasteiger partial charge in [-0.3, -0.25) is 0 Å². The maximum absolute atomic E-state index is 4.96. The lowest BCUT2D eigenvalue weighted by molar-refractivity contribution is 0.618. The van der Waals surface area contributed by atoms with E-state index in [1.54, 1.807) is 0 Å². The first-order valence-corrected chi connectivity index (χ1v) is 8.55. The Balaban J connectivity index is 1.79. The van der Waals surface area contributed by atoms with Crippen LogP contribution in [0.25, 0.3) is 17.5 Å². The zero-order valence-electron chi connectivity index (χ0n) is 12.0. The average Bonchev–Trinajstić information content (AvgIpc) is 3.25. The van der Waals surface area contributed by atoms with Gasteiger partial charge in [0.2, 0.25) is 0 Å². The molecule has 3 heterocycles. The van der Waals surface area contributed by atoms with Gasteiger partial charge in [-0.25, -0.2) is 4.98 Å². The SMILES string of the molecule is C1=CC2NN=CC2c2c1nc(-c1csnn1)c1c2CCCC1. The van der Waals surface area contributed by atoms with Gasteiger partial charge in [-0.15, -0.1) is 5.10 Å². The van der Waals surface area contributed by atoms with Crippen molar-refractivity contribution >= 4 is 23.8 Å². The van der Waals surface area contributed by atoms with Crippen LogP contribution < -0.4 is 5.43 Å². The molecule has 0 aromatic carbocycles. The fraction of sp³-hybridized carbons (Fsp3) is 0.375. The summed E-state index contributed by atoms with van der Waals surface area (Å²) in [5.41, 5.74) is 10.5. The number of pyridine rings is 1. The van der Waals surface area contributed by atoms with Gasteiger partial charge in [0.25, 0.3) is 0 Å². The Labute approximate surface area is 132 Å². The molecule has 3 aliphatic rings. The van der Waals surface area contributed by atoms with E-state index in [0.29, 0.717) is 5.92 Å². The molecule has 0 fully saturated rings. The fourth-order valence-corrected chi connectivity index (χ4v) is 4.28. The summed E-state index contributed by atoms with van der Waals surface area (Å²) < 4.78 is 4.02. The van der Waals surface area contributed by atoms with Gasteiger partial charge in [0.1, 0.15) is 5.69 Å². The van der Waals surface area contributed by atoms with Crippen molar-refractivity contribution in [3.05, 3.63) is 33.8 Å². The quantitative estimate of drug-likeness (QED) is 0.879. The second kappa shape index (κ2) is 4.71. The van der Waals surface area contributed by atoms with E-state index >= 15 is 0 Å². The Hall–Kier alpha value is -2.08. The van der Waals surface area contributed by atoms with Gasteiger partial charge in [0.05, 0.1) is 17.4 Å². The summed E-state index contributed by atoms with van der Waals surface area (Å²) in [5, 5.41) is 10.5. The second-order valence-corrected chi connectivity index (χ2v) is 6.64. The molecule has 0 amide bonds. The number of hydrogen-bond donors (Lipinski definition) is 1. The summed E-state index contributed by atoms with van der Waals surface area (Å²) in [4.78, 5) is 4.96. The van der Waals surface area contributed by atoms with E-state index in [2.05, 4.69) is 32.3 Å². The van der Waals surface area contributed by atoms with Crippen molar-refractivity contribution in [2.45, 2.75) is 37.6 Å². The maximum atomic E-state index is 4.96. The number of nitrogens with one attached hydrogen (secondary N) is 1. The number of hydrogen-bond acceptors (Lipinski definition) is 6. The molecule has 2 unspecified atom stereocenters. The Morgan fingerprint density at radius 2 is 2.09 bits per heavy atom. The smallest absolute Gasteiger partial charge is 0.124 e. The van der Waals surface area contributed by atoms with Crippen LogP contribution in [0.1, 0.15) is 41.1 Å². The van der Waals surface area contributed by atoms with Gasteiger partial charge in [0, 0.05) is 17.5 Å². The van der Waals surface area contributed by atoms with Crippen molar-refractivity contribution in [3.63, 3.8) is 0 Å². The van der Waals surface area contributed by atoms with Crippen molar-refractivity contribution in [1.82, 2.24) is 20.0 Å². The molecule has 2 atom stereocenters. The lowest BCUT2D eigenvalue weighted by atomic mass is 9.78. The third-order valence-electron chi connectivity index (χ3n) is 4.83. The van der Waals surface area contributed by atoms with Gasteiger partial charge in [0.15, 0.2) is 0 Å². The van der Waals surface area contributed by atoms with Gasteiger partial charge < -0.3 is 5.43 Å². The summed E-state index contributed by atoms with van der Waals surface area (Å²) in [5.74, 6) is 0.321. The summed E-state index contributed by atoms with van der Waals surface area (Å²) in [6.07, 6.45) is 11.1. The van der Waals surface area contributed by atoms with E-state index in [1.807, 2.05) is 11.6 Å². The van der Waals surface area contributed by atoms with Crippen LogP contribution >= 0.6 is 11.5 Å². The molecule has 0 spiro atoms. The molecule has 1 aliphatic heterocycles. The fourth-order valence-electron chi connectivity index (χ4n) is 3.84. The zero-order chi connectivity index (χ0) is 14.5. The maximum Gasteiger partial charge on any atom is 0.124 e. The number of rotatable bonds is 1. The minimum atomic E-state index is 0.284. The molecule has 2 aromatic heterocycles. The zero-order valence-corrected chi connectivity index (χ0v) is 12.8. The first-order chi connectivity index (χ1) is 10.9. The first-order valence-electron chi connectivity index (χ1n) is 7.72. The Morgan fingerprint density at radius 1 is 1.18 bits per heavy atom. The molecule has 5 rings (SSSR count). The number of nitrogens with zero attached hydrogens (tertiary/aromatic N) is 4. The van der Waals surface area contributed by atoms with Crippen LogP contribution in [0.15, 0.2) is 16.6 Å². The number of aromatic nitrogens is 3. The Bertz CT molecular complexity index is 793. The molecule has 2 aromatic rings. The van der Waals surface area contributed by atoms with E-state index in [-0.39, 0.29) is 6.04 Å². The van der Waals surface area contributed by atoms with Crippen molar-refractivity contribution in [2.75, 3.05) is 0 Å². The van der Waals surface area contributed by atoms with Crippen LogP contribution in [-0.4, -0.2) is 26.8 Å². The van der Waals surface area contributed by atoms with E-state index in [4.69, 9.17) is 4.98 Å². The Morgan fingerprint density at radius 3 is 2.95 bits per heavy atom. The van der Waals surface area contributed by atoms with Crippen LogP contribution in [0, 0.1) is 0 Å².